The summed E-state index contributed by atoms with van der Waals surface area (Å²) in [6.45, 7) is 4.17. The van der Waals surface area contributed by atoms with Gasteiger partial charge < -0.3 is 9.13 Å². The maximum absolute atomic E-state index is 14.4. The summed E-state index contributed by atoms with van der Waals surface area (Å²) in [4.78, 5) is 0. The molecule has 0 aliphatic heterocycles. The number of hydrogen-bond acceptors (Lipinski definition) is 2. The third kappa shape index (κ3) is 5.82. The molecule has 0 spiro atoms. The number of rotatable bonds is 5. The molecule has 0 aliphatic carbocycles. The number of halogens is 3. The van der Waals surface area contributed by atoms with E-state index in [1.54, 1.807) is 6.07 Å². The number of benzene rings is 8. The zero-order chi connectivity index (χ0) is 41.3. The molecule has 286 valence electrons. The van der Waals surface area contributed by atoms with E-state index in [2.05, 4.69) is 108 Å². The average molecular weight is 783 g/mol. The fourth-order valence-electron chi connectivity index (χ4n) is 8.87. The van der Waals surface area contributed by atoms with Gasteiger partial charge in [-0.2, -0.15) is 23.7 Å². The Morgan fingerprint density at radius 3 is 1.42 bits per heavy atom. The molecule has 2 aromatic heterocycles. The van der Waals surface area contributed by atoms with Crippen LogP contribution in [0.5, 0.6) is 0 Å². The van der Waals surface area contributed by atoms with Crippen LogP contribution in [-0.4, -0.2) is 9.13 Å². The molecule has 0 bridgehead atoms. The van der Waals surface area contributed by atoms with Crippen molar-refractivity contribution in [3.8, 4) is 56.9 Å². The summed E-state index contributed by atoms with van der Waals surface area (Å²) in [5.41, 5.74) is 10.8. The molecule has 10 aromatic rings. The Hall–Kier alpha value is -7.87. The maximum Gasteiger partial charge on any atom is 0.416 e. The Labute approximate surface area is 343 Å². The minimum absolute atomic E-state index is 0.121. The summed E-state index contributed by atoms with van der Waals surface area (Å²) in [6, 6.07) is 56.7. The molecule has 0 amide bonds. The molecule has 0 saturated heterocycles. The fraction of sp³-hybridized carbons (Fsp3) is 0.0566. The Bertz CT molecular complexity index is 3480. The lowest BCUT2D eigenvalue weighted by molar-refractivity contribution is -0.137. The number of aromatic nitrogens is 2. The molecule has 0 unspecified atom stereocenters. The van der Waals surface area contributed by atoms with Crippen LogP contribution in [0, 0.1) is 36.5 Å². The minimum atomic E-state index is -4.71. The van der Waals surface area contributed by atoms with Crippen LogP contribution in [0.15, 0.2) is 164 Å². The number of hydrogen-bond donors (Lipinski definition) is 0. The van der Waals surface area contributed by atoms with E-state index in [4.69, 9.17) is 0 Å². The van der Waals surface area contributed by atoms with Crippen molar-refractivity contribution < 1.29 is 13.2 Å². The van der Waals surface area contributed by atoms with Crippen LogP contribution in [0.4, 0.5) is 13.2 Å². The van der Waals surface area contributed by atoms with Gasteiger partial charge in [0.25, 0.3) is 0 Å². The van der Waals surface area contributed by atoms with E-state index in [0.29, 0.717) is 11.4 Å². The van der Waals surface area contributed by atoms with Gasteiger partial charge in [-0.05, 0) is 107 Å². The van der Waals surface area contributed by atoms with Crippen LogP contribution in [-0.2, 0) is 6.18 Å². The molecule has 0 saturated carbocycles. The van der Waals surface area contributed by atoms with Crippen LogP contribution in [0.25, 0.3) is 88.4 Å². The lowest BCUT2D eigenvalue weighted by Gasteiger charge is -2.20. The predicted molar refractivity (Wildman–Crippen MR) is 235 cm³/mol. The molecule has 7 heteroatoms. The summed E-state index contributed by atoms with van der Waals surface area (Å²) < 4.78 is 47.5. The molecule has 60 heavy (non-hydrogen) atoms. The first-order chi connectivity index (χ1) is 29.1. The van der Waals surface area contributed by atoms with Gasteiger partial charge in [0, 0.05) is 27.1 Å². The van der Waals surface area contributed by atoms with Crippen molar-refractivity contribution in [2.75, 3.05) is 0 Å². The topological polar surface area (TPSA) is 57.4 Å². The summed E-state index contributed by atoms with van der Waals surface area (Å²) in [5.74, 6) is 0. The van der Waals surface area contributed by atoms with E-state index in [9.17, 15) is 23.7 Å². The van der Waals surface area contributed by atoms with Crippen molar-refractivity contribution in [3.05, 3.63) is 192 Å². The highest BCUT2D eigenvalue weighted by atomic mass is 19.4. The molecule has 10 rings (SSSR count). The van der Waals surface area contributed by atoms with Gasteiger partial charge in [0.05, 0.1) is 62.3 Å². The SMILES string of the molecule is Cc1ccccc1-c1ccc2c3ccccc3n(-c3cc(C#N)c(-c4cc(C#N)cc(C(F)(F)F)c4)cc3-n3c4ccccc4c4ccc(-c5ccccc5C)cc43)c2c1. The van der Waals surface area contributed by atoms with Gasteiger partial charge in [-0.3, -0.25) is 0 Å². The van der Waals surface area contributed by atoms with E-state index in [-0.39, 0.29) is 22.3 Å². The summed E-state index contributed by atoms with van der Waals surface area (Å²) in [7, 11) is 0. The van der Waals surface area contributed by atoms with Crippen molar-refractivity contribution in [2.24, 2.45) is 0 Å². The molecule has 8 aromatic carbocycles. The quantitative estimate of drug-likeness (QED) is 0.175. The number of aryl methyl sites for hydroxylation is 2. The monoisotopic (exact) mass is 782 g/mol. The molecule has 2 heterocycles. The van der Waals surface area contributed by atoms with E-state index in [1.807, 2.05) is 66.7 Å². The zero-order valence-corrected chi connectivity index (χ0v) is 32.5. The van der Waals surface area contributed by atoms with Crippen LogP contribution >= 0.6 is 0 Å². The summed E-state index contributed by atoms with van der Waals surface area (Å²) in [6.07, 6.45) is -4.71. The molecule has 0 fully saturated rings. The lowest BCUT2D eigenvalue weighted by atomic mass is 9.94. The highest BCUT2D eigenvalue weighted by Crippen LogP contribution is 2.43. The van der Waals surface area contributed by atoms with Gasteiger partial charge in [-0.25, -0.2) is 0 Å². The largest absolute Gasteiger partial charge is 0.416 e. The Balaban J connectivity index is 1.38. The normalized spacial score (nSPS) is 11.7. The van der Waals surface area contributed by atoms with Crippen molar-refractivity contribution in [1.29, 1.82) is 10.5 Å². The smallest absolute Gasteiger partial charge is 0.307 e. The van der Waals surface area contributed by atoms with Crippen molar-refractivity contribution in [1.82, 2.24) is 9.13 Å². The van der Waals surface area contributed by atoms with Gasteiger partial charge in [0.15, 0.2) is 0 Å². The van der Waals surface area contributed by atoms with Crippen LogP contribution in [0.1, 0.15) is 27.8 Å². The third-order valence-corrected chi connectivity index (χ3v) is 11.7. The lowest BCUT2D eigenvalue weighted by Crippen LogP contribution is -2.07. The van der Waals surface area contributed by atoms with Crippen molar-refractivity contribution >= 4 is 43.6 Å². The van der Waals surface area contributed by atoms with E-state index < -0.39 is 11.7 Å². The van der Waals surface area contributed by atoms with Crippen LogP contribution < -0.4 is 0 Å². The maximum atomic E-state index is 14.4. The van der Waals surface area contributed by atoms with Gasteiger partial charge in [0.1, 0.15) is 0 Å². The Morgan fingerprint density at radius 1 is 0.433 bits per heavy atom. The van der Waals surface area contributed by atoms with Gasteiger partial charge >= 0.3 is 6.18 Å². The second kappa shape index (κ2) is 13.9. The van der Waals surface area contributed by atoms with Crippen LogP contribution in [0.3, 0.4) is 0 Å². The summed E-state index contributed by atoms with van der Waals surface area (Å²) >= 11 is 0. The number of alkyl halides is 3. The van der Waals surface area contributed by atoms with Gasteiger partial charge in [-0.1, -0.05) is 109 Å². The predicted octanol–water partition coefficient (Wildman–Crippen LogP) is 14.3. The first kappa shape index (κ1) is 36.5. The first-order valence-corrected chi connectivity index (χ1v) is 19.5. The average Bonchev–Trinajstić information content (AvgIpc) is 3.77. The standard InChI is InChI=1S/C53H33F3N4/c1-32-11-3-5-13-40(32)35-19-21-44-42-15-7-9-17-47(42)59(49(44)26-35)51-28-38(31-58)46(37-23-34(30-57)24-39(25-37)53(54,55)56)29-52(51)60-48-18-10-8-16-43(48)45-22-20-36(27-50(45)60)41-14-6-4-12-33(41)2/h3-29H,1-2H3. The molecule has 0 radical (unpaired) electrons. The van der Waals surface area contributed by atoms with E-state index >= 15 is 0 Å². The van der Waals surface area contributed by atoms with Gasteiger partial charge in [-0.15, -0.1) is 0 Å². The molecule has 0 aliphatic rings. The molecular formula is C53H33F3N4. The number of para-hydroxylation sites is 2. The van der Waals surface area contributed by atoms with E-state index in [1.165, 1.54) is 6.07 Å². The first-order valence-electron chi connectivity index (χ1n) is 19.5. The minimum Gasteiger partial charge on any atom is -0.307 e. The van der Waals surface area contributed by atoms with Crippen LogP contribution in [0.2, 0.25) is 0 Å². The Morgan fingerprint density at radius 2 is 0.917 bits per heavy atom. The fourth-order valence-corrected chi connectivity index (χ4v) is 8.87. The van der Waals surface area contributed by atoms with Gasteiger partial charge in [0.2, 0.25) is 0 Å². The second-order valence-electron chi connectivity index (χ2n) is 15.2. The molecule has 0 atom stereocenters. The highest BCUT2D eigenvalue weighted by molar-refractivity contribution is 6.13. The molecular weight excluding hydrogens is 750 g/mol. The summed E-state index contributed by atoms with van der Waals surface area (Å²) in [5, 5.41) is 24.8. The second-order valence-corrected chi connectivity index (χ2v) is 15.2. The molecule has 4 nitrogen and oxygen atoms in total. The van der Waals surface area contributed by atoms with E-state index in [0.717, 1.165) is 89.1 Å². The molecule has 0 N–H and O–H groups in total. The van der Waals surface area contributed by atoms with Crippen molar-refractivity contribution in [2.45, 2.75) is 20.0 Å². The highest BCUT2D eigenvalue weighted by Gasteiger charge is 2.32. The number of nitrogens with zero attached hydrogens (tertiary/aromatic N) is 4. The number of fused-ring (bicyclic) bond motifs is 6. The van der Waals surface area contributed by atoms with Crippen molar-refractivity contribution in [3.63, 3.8) is 0 Å². The Kier molecular flexibility index (Phi) is 8.45. The third-order valence-electron chi connectivity index (χ3n) is 11.7. The number of nitriles is 2. The zero-order valence-electron chi connectivity index (χ0n) is 32.5.